The molecule has 0 aromatic rings. The van der Waals surface area contributed by atoms with Crippen LogP contribution < -0.4 is 0 Å². The SMILES string of the molecule is O.[O]=[Fe](=[O])=[O]. The quantitative estimate of drug-likeness (QED) is 0.379. The van der Waals surface area contributed by atoms with E-state index in [1.54, 1.807) is 0 Å². The van der Waals surface area contributed by atoms with Gasteiger partial charge < -0.3 is 5.48 Å². The molecule has 0 aromatic heterocycles. The van der Waals surface area contributed by atoms with E-state index in [0.29, 0.717) is 0 Å². The Morgan fingerprint density at radius 1 is 1.00 bits per heavy atom. The summed E-state index contributed by atoms with van der Waals surface area (Å²) in [5.41, 5.74) is 0. The molecule has 0 bridgehead atoms. The first-order valence-corrected chi connectivity index (χ1v) is 1.79. The maximum absolute atomic E-state index is 8.50. The van der Waals surface area contributed by atoms with Crippen LogP contribution in [0, 0.1) is 0 Å². The molecule has 0 unspecified atom stereocenters. The van der Waals surface area contributed by atoms with E-state index in [4.69, 9.17) is 11.5 Å². The van der Waals surface area contributed by atoms with E-state index in [2.05, 4.69) is 0 Å². The molecule has 0 rings (SSSR count). The predicted molar refractivity (Wildman–Crippen MR) is 5.67 cm³/mol. The van der Waals surface area contributed by atoms with Crippen LogP contribution in [0.3, 0.4) is 0 Å². The summed E-state index contributed by atoms with van der Waals surface area (Å²) in [5.74, 6) is 0. The molecule has 0 atom stereocenters. The van der Waals surface area contributed by atoms with Crippen molar-refractivity contribution in [2.24, 2.45) is 0 Å². The minimum absolute atomic E-state index is 0. The maximum atomic E-state index is 8.50. The topological polar surface area (TPSA) is 82.7 Å². The van der Waals surface area contributed by atoms with Crippen LogP contribution in [-0.4, -0.2) is 5.48 Å². The number of hydrogen-bond acceptors (Lipinski definition) is 3. The summed E-state index contributed by atoms with van der Waals surface area (Å²) in [7, 11) is 0. The Balaban J connectivity index is 0. The van der Waals surface area contributed by atoms with Crippen molar-refractivity contribution in [3.05, 3.63) is 0 Å². The van der Waals surface area contributed by atoms with Gasteiger partial charge in [-0.15, -0.1) is 0 Å². The van der Waals surface area contributed by atoms with Crippen LogP contribution >= 0.6 is 0 Å². The molecular formula is H2FeO4. The molecule has 0 aliphatic carbocycles. The van der Waals surface area contributed by atoms with Gasteiger partial charge in [0.05, 0.1) is 0 Å². The van der Waals surface area contributed by atoms with E-state index < -0.39 is 13.7 Å². The Hall–Kier alpha value is -0.121. The molecule has 5 heavy (non-hydrogen) atoms. The van der Waals surface area contributed by atoms with E-state index in [9.17, 15) is 0 Å². The second-order valence-electron chi connectivity index (χ2n) is 0.177. The predicted octanol–water partition coefficient (Wildman–Crippen LogP) is -1.18. The Morgan fingerprint density at radius 3 is 1.00 bits per heavy atom. The third-order valence-electron chi connectivity index (χ3n) is 0. The Labute approximate surface area is 31.6 Å². The van der Waals surface area contributed by atoms with Gasteiger partial charge >= 0.3 is 25.2 Å². The zero-order valence-corrected chi connectivity index (χ0v) is 3.18. The third-order valence-corrected chi connectivity index (χ3v) is 0. The summed E-state index contributed by atoms with van der Waals surface area (Å²) in [6.45, 7) is 0. The van der Waals surface area contributed by atoms with Crippen molar-refractivity contribution in [1.82, 2.24) is 0 Å². The molecule has 0 amide bonds. The van der Waals surface area contributed by atoms with Crippen molar-refractivity contribution < 1.29 is 30.7 Å². The fourth-order valence-corrected chi connectivity index (χ4v) is 0. The molecule has 0 aliphatic heterocycles. The van der Waals surface area contributed by atoms with E-state index in [-0.39, 0.29) is 5.48 Å². The second kappa shape index (κ2) is 3.88. The zero-order chi connectivity index (χ0) is 3.58. The molecule has 0 spiro atoms. The van der Waals surface area contributed by atoms with Crippen molar-refractivity contribution >= 4 is 0 Å². The molecule has 0 heterocycles. The average molecular weight is 122 g/mol. The summed E-state index contributed by atoms with van der Waals surface area (Å²) < 4.78 is 25.5. The van der Waals surface area contributed by atoms with Crippen LogP contribution in [0.25, 0.3) is 0 Å². The minimum atomic E-state index is -3.50. The van der Waals surface area contributed by atoms with Crippen molar-refractivity contribution in [1.29, 1.82) is 0 Å². The van der Waals surface area contributed by atoms with Crippen molar-refractivity contribution in [3.8, 4) is 0 Å². The molecular weight excluding hydrogens is 120 g/mol. The Morgan fingerprint density at radius 2 is 1.00 bits per heavy atom. The molecule has 0 radical (unpaired) electrons. The molecule has 0 saturated heterocycles. The van der Waals surface area contributed by atoms with Crippen LogP contribution in [0.4, 0.5) is 0 Å². The van der Waals surface area contributed by atoms with Gasteiger partial charge in [-0.2, -0.15) is 0 Å². The molecule has 2 N–H and O–H groups in total. The monoisotopic (exact) mass is 122 g/mol. The first-order chi connectivity index (χ1) is 1.73. The number of hydrogen-bond donors (Lipinski definition) is 0. The van der Waals surface area contributed by atoms with Gasteiger partial charge in [0.1, 0.15) is 0 Å². The third kappa shape index (κ3) is 943. The van der Waals surface area contributed by atoms with Crippen LogP contribution in [0.5, 0.6) is 0 Å². The second-order valence-corrected chi connectivity index (χ2v) is 0.729. The van der Waals surface area contributed by atoms with Crippen LogP contribution in [0.1, 0.15) is 0 Å². The molecule has 0 saturated carbocycles. The van der Waals surface area contributed by atoms with E-state index in [1.165, 1.54) is 0 Å². The molecule has 0 fully saturated rings. The molecule has 5 heteroatoms. The first-order valence-electron chi connectivity index (χ1n) is 0.433. The Kier molecular flexibility index (Phi) is 6.87. The van der Waals surface area contributed by atoms with Gasteiger partial charge in [0.15, 0.2) is 0 Å². The normalized spacial score (nSPS) is 6.60. The summed E-state index contributed by atoms with van der Waals surface area (Å²) in [6.07, 6.45) is 0. The van der Waals surface area contributed by atoms with Crippen molar-refractivity contribution in [2.45, 2.75) is 0 Å². The van der Waals surface area contributed by atoms with Gasteiger partial charge in [-0.1, -0.05) is 0 Å². The molecule has 4 nitrogen and oxygen atoms in total. The standard InChI is InChI=1S/Fe.H2O.3O/h;1H2;;;. The van der Waals surface area contributed by atoms with E-state index >= 15 is 0 Å². The fourth-order valence-electron chi connectivity index (χ4n) is 0. The molecule has 0 aliphatic rings. The Bertz CT molecular complexity index is 73.0. The molecule has 0 aromatic carbocycles. The first kappa shape index (κ1) is 8.86. The van der Waals surface area contributed by atoms with Gasteiger partial charge in [0.25, 0.3) is 0 Å². The fraction of sp³-hybridized carbons (Fsp3) is 0. The van der Waals surface area contributed by atoms with Crippen LogP contribution in [0.2, 0.25) is 0 Å². The summed E-state index contributed by atoms with van der Waals surface area (Å²) in [6, 6.07) is 0. The van der Waals surface area contributed by atoms with Gasteiger partial charge in [-0.05, 0) is 0 Å². The van der Waals surface area contributed by atoms with Crippen molar-refractivity contribution in [2.75, 3.05) is 0 Å². The van der Waals surface area contributed by atoms with Crippen molar-refractivity contribution in [3.63, 3.8) is 0 Å². The van der Waals surface area contributed by atoms with Crippen LogP contribution in [-0.2, 0) is 25.2 Å². The summed E-state index contributed by atoms with van der Waals surface area (Å²) >= 11 is -3.50. The average Bonchev–Trinajstić information content (AvgIpc) is 0.811. The number of rotatable bonds is 0. The van der Waals surface area contributed by atoms with E-state index in [1.807, 2.05) is 0 Å². The molecule has 34 valence electrons. The zero-order valence-electron chi connectivity index (χ0n) is 2.08. The van der Waals surface area contributed by atoms with Gasteiger partial charge in [-0.3, -0.25) is 0 Å². The summed E-state index contributed by atoms with van der Waals surface area (Å²) in [4.78, 5) is 0. The van der Waals surface area contributed by atoms with E-state index in [0.717, 1.165) is 0 Å². The van der Waals surface area contributed by atoms with Gasteiger partial charge in [0.2, 0.25) is 0 Å². The van der Waals surface area contributed by atoms with Gasteiger partial charge in [-0.25, -0.2) is 0 Å². The van der Waals surface area contributed by atoms with Crippen LogP contribution in [0.15, 0.2) is 0 Å². The summed E-state index contributed by atoms with van der Waals surface area (Å²) in [5, 5.41) is 0. The van der Waals surface area contributed by atoms with Gasteiger partial charge in [0, 0.05) is 0 Å².